The molecule has 76 valence electrons. The van der Waals surface area contributed by atoms with Gasteiger partial charge in [-0.2, -0.15) is 0 Å². The van der Waals surface area contributed by atoms with E-state index < -0.39 is 6.10 Å². The van der Waals surface area contributed by atoms with E-state index in [0.29, 0.717) is 18.1 Å². The Morgan fingerprint density at radius 1 is 1.57 bits per heavy atom. The number of aliphatic hydroxyl groups is 1. The van der Waals surface area contributed by atoms with Crippen molar-refractivity contribution in [3.05, 3.63) is 20.6 Å². The van der Waals surface area contributed by atoms with Gasteiger partial charge >= 0.3 is 0 Å². The van der Waals surface area contributed by atoms with Crippen LogP contribution >= 0.6 is 31.9 Å². The summed E-state index contributed by atoms with van der Waals surface area (Å²) in [5, 5.41) is 9.68. The molecule has 1 aromatic rings. The van der Waals surface area contributed by atoms with Crippen LogP contribution in [0.4, 0.5) is 0 Å². The predicted molar refractivity (Wildman–Crippen MR) is 58.8 cm³/mol. The summed E-state index contributed by atoms with van der Waals surface area (Å²) in [5.41, 5.74) is 0.747. The van der Waals surface area contributed by atoms with Gasteiger partial charge in [0.15, 0.2) is 0 Å². The van der Waals surface area contributed by atoms with Gasteiger partial charge in [0.25, 0.3) is 0 Å². The highest BCUT2D eigenvalue weighted by Crippen LogP contribution is 2.47. The van der Waals surface area contributed by atoms with Crippen LogP contribution in [0.3, 0.4) is 0 Å². The van der Waals surface area contributed by atoms with E-state index in [-0.39, 0.29) is 0 Å². The van der Waals surface area contributed by atoms with Crippen molar-refractivity contribution < 1.29 is 14.6 Å². The smallest absolute Gasteiger partial charge is 0.140 e. The summed E-state index contributed by atoms with van der Waals surface area (Å²) in [6, 6.07) is 1.81. The van der Waals surface area contributed by atoms with Crippen molar-refractivity contribution in [2.45, 2.75) is 6.10 Å². The van der Waals surface area contributed by atoms with E-state index in [2.05, 4.69) is 31.9 Å². The SMILES string of the molecule is COc1cc(Br)c2c(c1Br)C(O)CO2. The molecule has 14 heavy (non-hydrogen) atoms. The Balaban J connectivity index is 2.65. The summed E-state index contributed by atoms with van der Waals surface area (Å²) in [6.45, 7) is 0.291. The third-order valence-corrected chi connectivity index (χ3v) is 3.52. The lowest BCUT2D eigenvalue weighted by atomic mass is 10.1. The minimum Gasteiger partial charge on any atom is -0.496 e. The second-order valence-electron chi connectivity index (χ2n) is 2.94. The van der Waals surface area contributed by atoms with Crippen molar-refractivity contribution in [3.63, 3.8) is 0 Å². The lowest BCUT2D eigenvalue weighted by molar-refractivity contribution is 0.140. The average molecular weight is 324 g/mol. The van der Waals surface area contributed by atoms with Gasteiger partial charge in [-0.15, -0.1) is 0 Å². The fourth-order valence-corrected chi connectivity index (χ4v) is 2.70. The Kier molecular flexibility index (Phi) is 2.72. The highest BCUT2D eigenvalue weighted by atomic mass is 79.9. The van der Waals surface area contributed by atoms with Crippen LogP contribution in [0, 0.1) is 0 Å². The van der Waals surface area contributed by atoms with Crippen LogP contribution in [0.5, 0.6) is 11.5 Å². The molecule has 2 rings (SSSR count). The van der Waals surface area contributed by atoms with Gasteiger partial charge in [0, 0.05) is 5.56 Å². The topological polar surface area (TPSA) is 38.7 Å². The maximum Gasteiger partial charge on any atom is 0.140 e. The normalized spacial score (nSPS) is 19.0. The van der Waals surface area contributed by atoms with Crippen LogP contribution < -0.4 is 9.47 Å². The van der Waals surface area contributed by atoms with E-state index in [9.17, 15) is 5.11 Å². The molecule has 0 saturated carbocycles. The molecule has 3 nitrogen and oxygen atoms in total. The molecular weight excluding hydrogens is 316 g/mol. The Labute approximate surface area is 98.3 Å². The minimum absolute atomic E-state index is 0.291. The van der Waals surface area contributed by atoms with Crippen molar-refractivity contribution in [2.24, 2.45) is 0 Å². The fourth-order valence-electron chi connectivity index (χ4n) is 1.44. The van der Waals surface area contributed by atoms with E-state index in [1.807, 2.05) is 0 Å². The zero-order valence-electron chi connectivity index (χ0n) is 7.38. The van der Waals surface area contributed by atoms with E-state index >= 15 is 0 Å². The molecule has 0 aromatic heterocycles. The number of ether oxygens (including phenoxy) is 2. The molecule has 1 atom stereocenters. The van der Waals surface area contributed by atoms with Crippen LogP contribution in [0.2, 0.25) is 0 Å². The van der Waals surface area contributed by atoms with Gasteiger partial charge in [0.1, 0.15) is 24.2 Å². The predicted octanol–water partition coefficient (Wildman–Crippen LogP) is 2.65. The molecule has 1 unspecified atom stereocenters. The van der Waals surface area contributed by atoms with E-state index in [1.165, 1.54) is 0 Å². The number of hydrogen-bond acceptors (Lipinski definition) is 3. The summed E-state index contributed by atoms with van der Waals surface area (Å²) in [4.78, 5) is 0. The molecule has 0 saturated heterocycles. The first-order valence-corrected chi connectivity index (χ1v) is 5.60. The second-order valence-corrected chi connectivity index (χ2v) is 4.59. The van der Waals surface area contributed by atoms with Crippen LogP contribution in [-0.2, 0) is 0 Å². The van der Waals surface area contributed by atoms with Gasteiger partial charge in [-0.25, -0.2) is 0 Å². The monoisotopic (exact) mass is 322 g/mol. The molecule has 1 heterocycles. The first-order valence-electron chi connectivity index (χ1n) is 4.02. The van der Waals surface area contributed by atoms with E-state index in [1.54, 1.807) is 13.2 Å². The Hall–Kier alpha value is -0.260. The Bertz CT molecular complexity index is 379. The minimum atomic E-state index is -0.592. The van der Waals surface area contributed by atoms with E-state index in [0.717, 1.165) is 14.5 Å². The summed E-state index contributed by atoms with van der Waals surface area (Å²) < 4.78 is 12.0. The maximum absolute atomic E-state index is 9.68. The van der Waals surface area contributed by atoms with Crippen LogP contribution in [0.25, 0.3) is 0 Å². The lowest BCUT2D eigenvalue weighted by Gasteiger charge is -2.10. The molecule has 0 spiro atoms. The third-order valence-electron chi connectivity index (χ3n) is 2.11. The zero-order valence-corrected chi connectivity index (χ0v) is 10.6. The molecule has 0 bridgehead atoms. The van der Waals surface area contributed by atoms with Gasteiger partial charge in [-0.3, -0.25) is 0 Å². The van der Waals surface area contributed by atoms with Gasteiger partial charge in [0.05, 0.1) is 16.1 Å². The second kappa shape index (κ2) is 3.72. The van der Waals surface area contributed by atoms with Crippen molar-refractivity contribution in [1.29, 1.82) is 0 Å². The van der Waals surface area contributed by atoms with Crippen molar-refractivity contribution >= 4 is 31.9 Å². The molecule has 0 amide bonds. The third kappa shape index (κ3) is 1.43. The Morgan fingerprint density at radius 3 is 2.93 bits per heavy atom. The molecule has 1 aromatic carbocycles. The molecule has 0 aliphatic carbocycles. The van der Waals surface area contributed by atoms with Gasteiger partial charge in [0.2, 0.25) is 0 Å². The molecule has 0 fully saturated rings. The largest absolute Gasteiger partial charge is 0.496 e. The maximum atomic E-state index is 9.68. The molecule has 5 heteroatoms. The molecule has 1 N–H and O–H groups in total. The van der Waals surface area contributed by atoms with Crippen LogP contribution in [-0.4, -0.2) is 18.8 Å². The van der Waals surface area contributed by atoms with Crippen LogP contribution in [0.1, 0.15) is 11.7 Å². The van der Waals surface area contributed by atoms with Crippen LogP contribution in [0.15, 0.2) is 15.0 Å². The summed E-state index contributed by atoms with van der Waals surface area (Å²) in [7, 11) is 1.58. The number of aliphatic hydroxyl groups excluding tert-OH is 1. The quantitative estimate of drug-likeness (QED) is 0.863. The Morgan fingerprint density at radius 2 is 2.29 bits per heavy atom. The highest BCUT2D eigenvalue weighted by molar-refractivity contribution is 9.11. The summed E-state index contributed by atoms with van der Waals surface area (Å²) in [6.07, 6.45) is -0.592. The summed E-state index contributed by atoms with van der Waals surface area (Å²) >= 11 is 6.74. The molecule has 1 aliphatic heterocycles. The number of fused-ring (bicyclic) bond motifs is 1. The first-order chi connectivity index (χ1) is 6.65. The van der Waals surface area contributed by atoms with Crippen molar-refractivity contribution in [3.8, 4) is 11.5 Å². The van der Waals surface area contributed by atoms with E-state index in [4.69, 9.17) is 9.47 Å². The average Bonchev–Trinajstić information content (AvgIpc) is 2.54. The lowest BCUT2D eigenvalue weighted by Crippen LogP contribution is -1.98. The summed E-state index contributed by atoms with van der Waals surface area (Å²) in [5.74, 6) is 1.37. The number of halogens is 2. The molecular formula is C9H8Br2O3. The van der Waals surface area contributed by atoms with Crippen molar-refractivity contribution in [2.75, 3.05) is 13.7 Å². The van der Waals surface area contributed by atoms with Crippen molar-refractivity contribution in [1.82, 2.24) is 0 Å². The van der Waals surface area contributed by atoms with Gasteiger partial charge in [-0.1, -0.05) is 0 Å². The fraction of sp³-hybridized carbons (Fsp3) is 0.333. The standard InChI is InChI=1S/C9H8Br2O3/c1-13-6-2-4(10)9-7(8(6)11)5(12)3-14-9/h2,5,12H,3H2,1H3. The molecule has 0 radical (unpaired) electrons. The van der Waals surface area contributed by atoms with Gasteiger partial charge < -0.3 is 14.6 Å². The van der Waals surface area contributed by atoms with Gasteiger partial charge in [-0.05, 0) is 37.9 Å². The number of methoxy groups -OCH3 is 1. The number of benzene rings is 1. The first kappa shape index (κ1) is 10.3. The number of hydrogen-bond donors (Lipinski definition) is 1. The zero-order chi connectivity index (χ0) is 10.3. The number of rotatable bonds is 1. The molecule has 1 aliphatic rings. The highest BCUT2D eigenvalue weighted by Gasteiger charge is 2.29.